The quantitative estimate of drug-likeness (QED) is 0.794. The van der Waals surface area contributed by atoms with Crippen LogP contribution in [-0.4, -0.2) is 40.0 Å². The second kappa shape index (κ2) is 6.41. The van der Waals surface area contributed by atoms with E-state index < -0.39 is 17.7 Å². The first-order valence-corrected chi connectivity index (χ1v) is 9.38. The highest BCUT2D eigenvalue weighted by Crippen LogP contribution is 2.42. The summed E-state index contributed by atoms with van der Waals surface area (Å²) in [5, 5.41) is 0. The van der Waals surface area contributed by atoms with Gasteiger partial charge in [0.25, 0.3) is 5.91 Å². The molecular weight excluding hydrogens is 340 g/mol. The summed E-state index contributed by atoms with van der Waals surface area (Å²) in [6, 6.07) is 9.56. The Hall–Kier alpha value is -2.82. The van der Waals surface area contributed by atoms with Crippen LogP contribution in [0.2, 0.25) is 0 Å². The Kier molecular flexibility index (Phi) is 4.17. The van der Waals surface area contributed by atoms with Crippen molar-refractivity contribution >= 4 is 17.6 Å². The Bertz CT molecular complexity index is 872. The van der Waals surface area contributed by atoms with Crippen molar-refractivity contribution in [3.8, 4) is 0 Å². The van der Waals surface area contributed by atoms with Crippen LogP contribution >= 0.6 is 0 Å². The minimum absolute atomic E-state index is 0.0522. The number of benzene rings is 1. The molecule has 1 aromatic carbocycles. The Balaban J connectivity index is 1.53. The van der Waals surface area contributed by atoms with Crippen molar-refractivity contribution in [1.82, 2.24) is 9.80 Å². The lowest BCUT2D eigenvalue weighted by Crippen LogP contribution is -2.50. The molecule has 3 heterocycles. The van der Waals surface area contributed by atoms with Gasteiger partial charge >= 0.3 is 6.09 Å². The number of carbonyl (C=O) groups excluding carboxylic acids is 2. The van der Waals surface area contributed by atoms with Crippen molar-refractivity contribution in [3.63, 3.8) is 0 Å². The van der Waals surface area contributed by atoms with Gasteiger partial charge in [-0.1, -0.05) is 36.4 Å². The van der Waals surface area contributed by atoms with Gasteiger partial charge in [-0.2, -0.15) is 0 Å². The molecule has 1 unspecified atom stereocenters. The fraction of sp³-hybridized carbons (Fsp3) is 0.364. The van der Waals surface area contributed by atoms with Crippen molar-refractivity contribution in [2.75, 3.05) is 6.54 Å². The zero-order chi connectivity index (χ0) is 19.2. The molecule has 140 valence electrons. The number of ether oxygens (including phenoxy) is 1. The highest BCUT2D eigenvalue weighted by molar-refractivity contribution is 5.98. The fourth-order valence-corrected chi connectivity index (χ4v) is 3.74. The molecule has 0 saturated carbocycles. The molecule has 27 heavy (non-hydrogen) atoms. The predicted molar refractivity (Wildman–Crippen MR) is 103 cm³/mol. The summed E-state index contributed by atoms with van der Waals surface area (Å²) in [6.07, 6.45) is 7.09. The highest BCUT2D eigenvalue weighted by Gasteiger charge is 2.43. The van der Waals surface area contributed by atoms with Gasteiger partial charge in [-0.3, -0.25) is 14.6 Å². The monoisotopic (exact) mass is 364 g/mol. The molecular formula is C22H24N2O3. The van der Waals surface area contributed by atoms with Crippen LogP contribution < -0.4 is 0 Å². The van der Waals surface area contributed by atoms with Crippen molar-refractivity contribution in [2.24, 2.45) is 0 Å². The van der Waals surface area contributed by atoms with Crippen molar-refractivity contribution < 1.29 is 14.3 Å². The molecule has 0 aromatic heterocycles. The largest absolute Gasteiger partial charge is 0.444 e. The van der Waals surface area contributed by atoms with Gasteiger partial charge in [0.15, 0.2) is 0 Å². The number of rotatable bonds is 2. The van der Waals surface area contributed by atoms with Crippen LogP contribution in [0.25, 0.3) is 5.57 Å². The number of fused-ring (bicyclic) bond motifs is 2. The van der Waals surface area contributed by atoms with E-state index in [2.05, 4.69) is 0 Å². The zero-order valence-electron chi connectivity index (χ0n) is 15.9. The number of hydrogen-bond acceptors (Lipinski definition) is 3. The third-order valence-corrected chi connectivity index (χ3v) is 4.95. The molecule has 3 aliphatic rings. The van der Waals surface area contributed by atoms with Gasteiger partial charge in [-0.05, 0) is 51.3 Å². The van der Waals surface area contributed by atoms with E-state index in [0.29, 0.717) is 13.0 Å². The molecule has 4 rings (SSSR count). The van der Waals surface area contributed by atoms with E-state index in [4.69, 9.17) is 4.74 Å². The van der Waals surface area contributed by atoms with Gasteiger partial charge in [0.1, 0.15) is 11.6 Å². The third kappa shape index (κ3) is 3.18. The van der Waals surface area contributed by atoms with Crippen LogP contribution in [0.5, 0.6) is 0 Å². The molecule has 0 spiro atoms. The lowest BCUT2D eigenvalue weighted by molar-refractivity contribution is -0.132. The van der Waals surface area contributed by atoms with Gasteiger partial charge in [0, 0.05) is 12.1 Å². The van der Waals surface area contributed by atoms with E-state index in [1.54, 1.807) is 9.80 Å². The summed E-state index contributed by atoms with van der Waals surface area (Å²) in [4.78, 5) is 29.1. The van der Waals surface area contributed by atoms with Gasteiger partial charge in [0.05, 0.1) is 11.4 Å². The number of nitrogens with zero attached hydrogens (tertiary/aromatic N) is 2. The average Bonchev–Trinajstić information content (AvgIpc) is 3.11. The molecule has 2 amide bonds. The lowest BCUT2D eigenvalue weighted by atomic mass is 9.90. The number of amides is 2. The molecule has 5 nitrogen and oxygen atoms in total. The summed E-state index contributed by atoms with van der Waals surface area (Å²) in [5.74, 6) is -0.0522. The van der Waals surface area contributed by atoms with E-state index in [9.17, 15) is 9.59 Å². The molecule has 3 aliphatic heterocycles. The average molecular weight is 364 g/mol. The minimum atomic E-state index is -0.575. The second-order valence-corrected chi connectivity index (χ2v) is 8.07. The fourth-order valence-electron chi connectivity index (χ4n) is 3.74. The van der Waals surface area contributed by atoms with E-state index in [1.165, 1.54) is 0 Å². The van der Waals surface area contributed by atoms with Crippen molar-refractivity contribution in [1.29, 1.82) is 0 Å². The molecule has 0 N–H and O–H groups in total. The topological polar surface area (TPSA) is 49.9 Å². The second-order valence-electron chi connectivity index (χ2n) is 8.07. The van der Waals surface area contributed by atoms with Crippen LogP contribution in [0.15, 0.2) is 60.0 Å². The molecule has 5 heteroatoms. The Morgan fingerprint density at radius 2 is 1.85 bits per heavy atom. The Morgan fingerprint density at radius 3 is 2.52 bits per heavy atom. The van der Waals surface area contributed by atoms with E-state index >= 15 is 0 Å². The summed E-state index contributed by atoms with van der Waals surface area (Å²) < 4.78 is 5.49. The highest BCUT2D eigenvalue weighted by atomic mass is 16.6. The van der Waals surface area contributed by atoms with Crippen molar-refractivity contribution in [3.05, 3.63) is 65.5 Å². The van der Waals surface area contributed by atoms with E-state index in [0.717, 1.165) is 29.0 Å². The summed E-state index contributed by atoms with van der Waals surface area (Å²) in [6.45, 7) is 6.07. The SMILES string of the molecule is CC(C)(C)OC(=O)N1CCCC1C(=O)N1c2ccc(-c3ccccc3)c1c2. The van der Waals surface area contributed by atoms with E-state index in [-0.39, 0.29) is 5.91 Å². The van der Waals surface area contributed by atoms with E-state index in [1.807, 2.05) is 69.3 Å². The first kappa shape index (κ1) is 17.6. The van der Waals surface area contributed by atoms with Crippen LogP contribution in [0.3, 0.4) is 0 Å². The normalized spacial score (nSPS) is 21.1. The van der Waals surface area contributed by atoms with Crippen molar-refractivity contribution in [2.45, 2.75) is 45.3 Å². The van der Waals surface area contributed by atoms with Crippen LogP contribution in [0.1, 0.15) is 39.2 Å². The lowest BCUT2D eigenvalue weighted by Gasteiger charge is -2.41. The molecule has 1 fully saturated rings. The van der Waals surface area contributed by atoms with Crippen LogP contribution in [0.4, 0.5) is 4.79 Å². The standard InChI is InChI=1S/C22H24N2O3/c1-22(2,3)27-21(26)23-13-7-10-18(23)20(25)24-16-11-12-17(19(24)14-16)15-8-5-4-6-9-15/h4-6,8-9,11-12,14,18H,7,10,13H2,1-3H3. The molecule has 2 bridgehead atoms. The maximum Gasteiger partial charge on any atom is 0.410 e. The van der Waals surface area contributed by atoms with Crippen LogP contribution in [0, 0.1) is 0 Å². The maximum atomic E-state index is 13.3. The van der Waals surface area contributed by atoms with Gasteiger partial charge < -0.3 is 4.74 Å². The molecule has 1 aromatic rings. The van der Waals surface area contributed by atoms with Gasteiger partial charge in [-0.15, -0.1) is 0 Å². The summed E-state index contributed by atoms with van der Waals surface area (Å²) in [5.41, 5.74) is 3.31. The first-order chi connectivity index (χ1) is 12.8. The number of likely N-dealkylation sites (tertiary alicyclic amines) is 1. The first-order valence-electron chi connectivity index (χ1n) is 9.38. The molecule has 0 radical (unpaired) electrons. The molecule has 1 atom stereocenters. The molecule has 0 aliphatic carbocycles. The number of hydrogen-bond donors (Lipinski definition) is 0. The van der Waals surface area contributed by atoms with Gasteiger partial charge in [0.2, 0.25) is 0 Å². The summed E-state index contributed by atoms with van der Waals surface area (Å²) in [7, 11) is 0. The molecule has 1 saturated heterocycles. The Morgan fingerprint density at radius 1 is 1.11 bits per heavy atom. The maximum absolute atomic E-state index is 13.3. The minimum Gasteiger partial charge on any atom is -0.444 e. The third-order valence-electron chi connectivity index (χ3n) is 4.95. The smallest absolute Gasteiger partial charge is 0.410 e. The van der Waals surface area contributed by atoms with Gasteiger partial charge in [-0.25, -0.2) is 4.79 Å². The zero-order valence-corrected chi connectivity index (χ0v) is 15.9. The number of carbonyl (C=O) groups is 2. The Labute approximate surface area is 159 Å². The number of allylic oxidation sites excluding steroid dienone is 4. The predicted octanol–water partition coefficient (Wildman–Crippen LogP) is 4.09. The summed E-state index contributed by atoms with van der Waals surface area (Å²) >= 11 is 0. The van der Waals surface area contributed by atoms with Crippen LogP contribution in [-0.2, 0) is 9.53 Å².